The molecule has 0 aliphatic carbocycles. The second-order valence-electron chi connectivity index (χ2n) is 3.66. The highest BCUT2D eigenvalue weighted by Gasteiger charge is 2.07. The van der Waals surface area contributed by atoms with E-state index in [0.717, 1.165) is 5.75 Å². The van der Waals surface area contributed by atoms with Crippen molar-refractivity contribution in [2.24, 2.45) is 0 Å². The van der Waals surface area contributed by atoms with Gasteiger partial charge in [0.1, 0.15) is 5.75 Å². The van der Waals surface area contributed by atoms with Crippen LogP contribution in [0.25, 0.3) is 0 Å². The van der Waals surface area contributed by atoms with Gasteiger partial charge in [-0.2, -0.15) is 0 Å². The summed E-state index contributed by atoms with van der Waals surface area (Å²) in [5.74, 6) is 1.43. The number of ether oxygens (including phenoxy) is 2. The average Bonchev–Trinajstić information content (AvgIpc) is 2.18. The van der Waals surface area contributed by atoms with Crippen molar-refractivity contribution in [3.05, 3.63) is 29.3 Å². The largest absolute Gasteiger partial charge is 0.496 e. The Kier molecular flexibility index (Phi) is 3.96. The van der Waals surface area contributed by atoms with E-state index in [0.29, 0.717) is 12.5 Å². The lowest BCUT2D eigenvalue weighted by atomic mass is 10.00. The quantitative estimate of drug-likeness (QED) is 0.733. The van der Waals surface area contributed by atoms with Gasteiger partial charge in [0.05, 0.1) is 13.7 Å². The zero-order valence-electron chi connectivity index (χ0n) is 9.33. The van der Waals surface area contributed by atoms with Crippen molar-refractivity contribution in [2.45, 2.75) is 26.4 Å². The fraction of sp³-hybridized carbons (Fsp3) is 0.500. The molecular formula is C12H18O2. The number of hydrogen-bond donors (Lipinski definition) is 0. The van der Waals surface area contributed by atoms with E-state index >= 15 is 0 Å². The van der Waals surface area contributed by atoms with Gasteiger partial charge in [0.25, 0.3) is 0 Å². The van der Waals surface area contributed by atoms with Crippen LogP contribution < -0.4 is 4.74 Å². The van der Waals surface area contributed by atoms with Crippen molar-refractivity contribution in [2.75, 3.05) is 14.2 Å². The highest BCUT2D eigenvalue weighted by atomic mass is 16.5. The van der Waals surface area contributed by atoms with Crippen molar-refractivity contribution in [1.82, 2.24) is 0 Å². The molecular weight excluding hydrogens is 176 g/mol. The zero-order valence-corrected chi connectivity index (χ0v) is 9.33. The molecule has 0 unspecified atom stereocenters. The van der Waals surface area contributed by atoms with Gasteiger partial charge in [-0.15, -0.1) is 0 Å². The van der Waals surface area contributed by atoms with E-state index in [4.69, 9.17) is 9.47 Å². The Morgan fingerprint density at radius 1 is 1.21 bits per heavy atom. The van der Waals surface area contributed by atoms with E-state index in [-0.39, 0.29) is 0 Å². The molecule has 0 aromatic heterocycles. The third-order valence-electron chi connectivity index (χ3n) is 2.23. The second-order valence-corrected chi connectivity index (χ2v) is 3.66. The van der Waals surface area contributed by atoms with Crippen molar-refractivity contribution in [3.63, 3.8) is 0 Å². The van der Waals surface area contributed by atoms with Crippen LogP contribution in [0.5, 0.6) is 5.75 Å². The fourth-order valence-corrected chi connectivity index (χ4v) is 1.49. The summed E-state index contributed by atoms with van der Waals surface area (Å²) in [6.07, 6.45) is 0. The first kappa shape index (κ1) is 11.1. The predicted octanol–water partition coefficient (Wildman–Crippen LogP) is 2.97. The maximum atomic E-state index is 5.30. The molecule has 78 valence electrons. The average molecular weight is 194 g/mol. The SMILES string of the molecule is COCc1ccc(OC)c(C(C)C)c1. The van der Waals surface area contributed by atoms with Gasteiger partial charge in [-0.3, -0.25) is 0 Å². The number of rotatable bonds is 4. The van der Waals surface area contributed by atoms with Crippen molar-refractivity contribution in [1.29, 1.82) is 0 Å². The van der Waals surface area contributed by atoms with Gasteiger partial charge in [-0.1, -0.05) is 19.9 Å². The Balaban J connectivity index is 3.01. The minimum Gasteiger partial charge on any atom is -0.496 e. The summed E-state index contributed by atoms with van der Waals surface area (Å²) in [4.78, 5) is 0. The van der Waals surface area contributed by atoms with Crippen LogP contribution in [0, 0.1) is 0 Å². The monoisotopic (exact) mass is 194 g/mol. The summed E-state index contributed by atoms with van der Waals surface area (Å²) in [5.41, 5.74) is 2.43. The van der Waals surface area contributed by atoms with Gasteiger partial charge in [0.2, 0.25) is 0 Å². The van der Waals surface area contributed by atoms with Crippen LogP contribution in [0.15, 0.2) is 18.2 Å². The number of hydrogen-bond acceptors (Lipinski definition) is 2. The third-order valence-corrected chi connectivity index (χ3v) is 2.23. The van der Waals surface area contributed by atoms with Crippen LogP contribution in [0.4, 0.5) is 0 Å². The second kappa shape index (κ2) is 5.01. The van der Waals surface area contributed by atoms with E-state index < -0.39 is 0 Å². The van der Waals surface area contributed by atoms with Crippen molar-refractivity contribution in [3.8, 4) is 5.75 Å². The van der Waals surface area contributed by atoms with E-state index in [1.165, 1.54) is 11.1 Å². The van der Waals surface area contributed by atoms with E-state index in [1.54, 1.807) is 14.2 Å². The maximum absolute atomic E-state index is 5.30. The molecule has 2 nitrogen and oxygen atoms in total. The van der Waals surface area contributed by atoms with Crippen molar-refractivity contribution < 1.29 is 9.47 Å². The molecule has 2 heteroatoms. The van der Waals surface area contributed by atoms with Crippen LogP contribution in [0.1, 0.15) is 30.9 Å². The Labute approximate surface area is 85.8 Å². The third kappa shape index (κ3) is 2.48. The van der Waals surface area contributed by atoms with Gasteiger partial charge in [-0.25, -0.2) is 0 Å². The van der Waals surface area contributed by atoms with E-state index in [2.05, 4.69) is 19.9 Å². The molecule has 1 aromatic rings. The normalized spacial score (nSPS) is 10.6. The Morgan fingerprint density at radius 2 is 1.93 bits per heavy atom. The standard InChI is InChI=1S/C12H18O2/c1-9(2)11-7-10(8-13-3)5-6-12(11)14-4/h5-7,9H,8H2,1-4H3. The summed E-state index contributed by atoms with van der Waals surface area (Å²) < 4.78 is 10.4. The topological polar surface area (TPSA) is 18.5 Å². The summed E-state index contributed by atoms with van der Waals surface area (Å²) in [6, 6.07) is 6.19. The Morgan fingerprint density at radius 3 is 2.43 bits per heavy atom. The van der Waals surface area contributed by atoms with Crippen molar-refractivity contribution >= 4 is 0 Å². The van der Waals surface area contributed by atoms with Crippen LogP contribution in [-0.2, 0) is 11.3 Å². The van der Waals surface area contributed by atoms with Gasteiger partial charge in [-0.05, 0) is 29.2 Å². The predicted molar refractivity (Wildman–Crippen MR) is 57.8 cm³/mol. The molecule has 14 heavy (non-hydrogen) atoms. The molecule has 0 bridgehead atoms. The lowest BCUT2D eigenvalue weighted by molar-refractivity contribution is 0.184. The summed E-state index contributed by atoms with van der Waals surface area (Å²) in [6.45, 7) is 4.98. The lowest BCUT2D eigenvalue weighted by Gasteiger charge is -2.13. The minimum atomic E-state index is 0.474. The van der Waals surface area contributed by atoms with E-state index in [9.17, 15) is 0 Å². The summed E-state index contributed by atoms with van der Waals surface area (Å²) >= 11 is 0. The Bertz CT molecular complexity index is 292. The zero-order chi connectivity index (χ0) is 10.6. The molecule has 1 rings (SSSR count). The first-order valence-corrected chi connectivity index (χ1v) is 4.84. The smallest absolute Gasteiger partial charge is 0.122 e. The number of methoxy groups -OCH3 is 2. The molecule has 0 aliphatic heterocycles. The lowest BCUT2D eigenvalue weighted by Crippen LogP contribution is -1.97. The van der Waals surface area contributed by atoms with Gasteiger partial charge >= 0.3 is 0 Å². The molecule has 0 aliphatic rings. The van der Waals surface area contributed by atoms with Crippen LogP contribution in [-0.4, -0.2) is 14.2 Å². The molecule has 0 spiro atoms. The fourth-order valence-electron chi connectivity index (χ4n) is 1.49. The minimum absolute atomic E-state index is 0.474. The molecule has 0 fully saturated rings. The Hall–Kier alpha value is -1.02. The van der Waals surface area contributed by atoms with Gasteiger partial charge < -0.3 is 9.47 Å². The van der Waals surface area contributed by atoms with Gasteiger partial charge in [0, 0.05) is 7.11 Å². The highest BCUT2D eigenvalue weighted by molar-refractivity contribution is 5.39. The molecule has 0 atom stereocenters. The van der Waals surface area contributed by atoms with E-state index in [1.807, 2.05) is 12.1 Å². The first-order valence-electron chi connectivity index (χ1n) is 4.84. The molecule has 1 aromatic carbocycles. The molecule has 0 N–H and O–H groups in total. The van der Waals surface area contributed by atoms with Crippen LogP contribution >= 0.6 is 0 Å². The summed E-state index contributed by atoms with van der Waals surface area (Å²) in [5, 5.41) is 0. The molecule has 0 heterocycles. The highest BCUT2D eigenvalue weighted by Crippen LogP contribution is 2.27. The van der Waals surface area contributed by atoms with Gasteiger partial charge in [0.15, 0.2) is 0 Å². The summed E-state index contributed by atoms with van der Waals surface area (Å²) in [7, 11) is 3.41. The molecule has 0 saturated heterocycles. The van der Waals surface area contributed by atoms with Crippen LogP contribution in [0.2, 0.25) is 0 Å². The van der Waals surface area contributed by atoms with Crippen LogP contribution in [0.3, 0.4) is 0 Å². The molecule has 0 amide bonds. The first-order chi connectivity index (χ1) is 6.69. The molecule has 0 saturated carbocycles. The number of benzene rings is 1. The molecule has 0 radical (unpaired) electrons. The maximum Gasteiger partial charge on any atom is 0.122 e.